The molecule has 0 radical (unpaired) electrons. The van der Waals surface area contributed by atoms with Crippen molar-refractivity contribution in [3.05, 3.63) is 21.2 Å². The summed E-state index contributed by atoms with van der Waals surface area (Å²) in [6, 6.07) is 2.03. The highest BCUT2D eigenvalue weighted by molar-refractivity contribution is 9.11. The van der Waals surface area contributed by atoms with E-state index < -0.39 is 0 Å². The average Bonchev–Trinajstić information content (AvgIpc) is 2.62. The van der Waals surface area contributed by atoms with Crippen molar-refractivity contribution in [1.82, 2.24) is 4.98 Å². The Kier molecular flexibility index (Phi) is 3.56. The summed E-state index contributed by atoms with van der Waals surface area (Å²) in [5.41, 5.74) is 6.03. The molecule has 2 N–H and O–H groups in total. The molecule has 1 atom stereocenters. The van der Waals surface area contributed by atoms with Crippen LogP contribution in [0.5, 0.6) is 0 Å². The molecule has 0 spiro atoms. The number of aromatic nitrogens is 1. The fourth-order valence-corrected chi connectivity index (χ4v) is 3.25. The molecule has 0 bridgehead atoms. The van der Waals surface area contributed by atoms with Crippen LogP contribution in [0.15, 0.2) is 21.2 Å². The lowest BCUT2D eigenvalue weighted by atomic mass is 9.90. The van der Waals surface area contributed by atoms with Crippen molar-refractivity contribution in [1.29, 1.82) is 0 Å². The molecule has 0 aromatic carbocycles. The first-order valence-corrected chi connectivity index (χ1v) is 6.89. The van der Waals surface area contributed by atoms with Gasteiger partial charge < -0.3 is 10.6 Å². The van der Waals surface area contributed by atoms with Crippen molar-refractivity contribution in [3.63, 3.8) is 0 Å². The van der Waals surface area contributed by atoms with E-state index in [4.69, 9.17) is 5.73 Å². The van der Waals surface area contributed by atoms with Crippen LogP contribution in [0, 0.1) is 5.41 Å². The molecule has 1 aromatic heterocycles. The summed E-state index contributed by atoms with van der Waals surface area (Å²) >= 11 is 6.96. The molecule has 2 heterocycles. The molecule has 0 amide bonds. The van der Waals surface area contributed by atoms with Crippen LogP contribution < -0.4 is 10.6 Å². The van der Waals surface area contributed by atoms with Gasteiger partial charge in [-0.05, 0) is 56.3 Å². The second-order valence-electron chi connectivity index (χ2n) is 4.65. The van der Waals surface area contributed by atoms with E-state index in [9.17, 15) is 0 Å². The lowest BCUT2D eigenvalue weighted by molar-refractivity contribution is 0.383. The maximum atomic E-state index is 5.80. The highest BCUT2D eigenvalue weighted by atomic mass is 79.9. The van der Waals surface area contributed by atoms with Crippen molar-refractivity contribution < 1.29 is 0 Å². The SMILES string of the molecule is CC1(CN)CCN(c2ncc(Br)cc2Br)C1. The molecule has 88 valence electrons. The fraction of sp³-hybridized carbons (Fsp3) is 0.545. The average molecular weight is 349 g/mol. The van der Waals surface area contributed by atoms with Gasteiger partial charge in [0.25, 0.3) is 0 Å². The molecular formula is C11H15Br2N3. The summed E-state index contributed by atoms with van der Waals surface area (Å²) in [6.45, 7) is 4.98. The molecular weight excluding hydrogens is 334 g/mol. The Morgan fingerprint density at radius 1 is 1.56 bits per heavy atom. The van der Waals surface area contributed by atoms with Crippen LogP contribution in [0.3, 0.4) is 0 Å². The largest absolute Gasteiger partial charge is 0.355 e. The fourth-order valence-electron chi connectivity index (χ4n) is 2.01. The standard InChI is InChI=1S/C11H15Br2N3/c1-11(6-14)2-3-16(7-11)10-9(13)4-8(12)5-15-10/h4-5H,2-3,6-7,14H2,1H3. The molecule has 0 aliphatic carbocycles. The van der Waals surface area contributed by atoms with Crippen LogP contribution >= 0.6 is 31.9 Å². The molecule has 16 heavy (non-hydrogen) atoms. The zero-order valence-corrected chi connectivity index (χ0v) is 12.4. The van der Waals surface area contributed by atoms with Gasteiger partial charge in [-0.3, -0.25) is 0 Å². The minimum absolute atomic E-state index is 0.230. The van der Waals surface area contributed by atoms with Crippen molar-refractivity contribution in [2.75, 3.05) is 24.5 Å². The minimum atomic E-state index is 0.230. The topological polar surface area (TPSA) is 42.1 Å². The summed E-state index contributed by atoms with van der Waals surface area (Å²) < 4.78 is 2.02. The second-order valence-corrected chi connectivity index (χ2v) is 6.42. The van der Waals surface area contributed by atoms with Gasteiger partial charge in [-0.1, -0.05) is 6.92 Å². The van der Waals surface area contributed by atoms with Crippen molar-refractivity contribution >= 4 is 37.7 Å². The molecule has 2 rings (SSSR count). The van der Waals surface area contributed by atoms with Crippen molar-refractivity contribution in [2.45, 2.75) is 13.3 Å². The first kappa shape index (κ1) is 12.3. The predicted molar refractivity (Wildman–Crippen MR) is 73.6 cm³/mol. The summed E-state index contributed by atoms with van der Waals surface area (Å²) in [4.78, 5) is 6.75. The maximum absolute atomic E-state index is 5.80. The molecule has 1 aliphatic rings. The van der Waals surface area contributed by atoms with Crippen LogP contribution in [0.2, 0.25) is 0 Å². The van der Waals surface area contributed by atoms with Gasteiger partial charge in [-0.2, -0.15) is 0 Å². The summed E-state index contributed by atoms with van der Waals surface area (Å²) in [5, 5.41) is 0. The molecule has 5 heteroatoms. The maximum Gasteiger partial charge on any atom is 0.142 e. The normalized spacial score (nSPS) is 25.1. The number of hydrogen-bond acceptors (Lipinski definition) is 3. The van der Waals surface area contributed by atoms with Crippen LogP contribution in [-0.4, -0.2) is 24.6 Å². The Bertz CT molecular complexity index is 397. The third-order valence-corrected chi connectivity index (χ3v) is 4.16. The Morgan fingerprint density at radius 3 is 2.88 bits per heavy atom. The van der Waals surface area contributed by atoms with E-state index in [1.54, 1.807) is 0 Å². The van der Waals surface area contributed by atoms with Crippen LogP contribution in [0.25, 0.3) is 0 Å². The van der Waals surface area contributed by atoms with Gasteiger partial charge in [0.15, 0.2) is 0 Å². The number of rotatable bonds is 2. The molecule has 3 nitrogen and oxygen atoms in total. The van der Waals surface area contributed by atoms with E-state index in [1.807, 2.05) is 12.3 Å². The molecule has 1 unspecified atom stereocenters. The lowest BCUT2D eigenvalue weighted by Gasteiger charge is -2.23. The molecule has 0 saturated carbocycles. The third-order valence-electron chi connectivity index (χ3n) is 3.14. The van der Waals surface area contributed by atoms with Crippen LogP contribution in [-0.2, 0) is 0 Å². The van der Waals surface area contributed by atoms with Gasteiger partial charge in [-0.25, -0.2) is 4.98 Å². The zero-order valence-electron chi connectivity index (χ0n) is 9.21. The molecule has 1 aromatic rings. The lowest BCUT2D eigenvalue weighted by Crippen LogP contribution is -2.31. The predicted octanol–water partition coefficient (Wildman–Crippen LogP) is 2.78. The summed E-state index contributed by atoms with van der Waals surface area (Å²) in [6.07, 6.45) is 2.96. The number of hydrogen-bond donors (Lipinski definition) is 1. The quantitative estimate of drug-likeness (QED) is 0.893. The van der Waals surface area contributed by atoms with Crippen molar-refractivity contribution in [2.24, 2.45) is 11.1 Å². The Hall–Kier alpha value is -0.130. The number of halogens is 2. The summed E-state index contributed by atoms with van der Waals surface area (Å²) in [5.74, 6) is 1.01. The number of nitrogens with two attached hydrogens (primary N) is 1. The van der Waals surface area contributed by atoms with Gasteiger partial charge in [0.2, 0.25) is 0 Å². The van der Waals surface area contributed by atoms with Crippen molar-refractivity contribution in [3.8, 4) is 0 Å². The van der Waals surface area contributed by atoms with Crippen LogP contribution in [0.4, 0.5) is 5.82 Å². The Balaban J connectivity index is 2.21. The van der Waals surface area contributed by atoms with E-state index >= 15 is 0 Å². The van der Waals surface area contributed by atoms with Gasteiger partial charge in [0, 0.05) is 23.8 Å². The van der Waals surface area contributed by atoms with Gasteiger partial charge in [0.05, 0.1) is 4.47 Å². The monoisotopic (exact) mass is 347 g/mol. The highest BCUT2D eigenvalue weighted by Crippen LogP contribution is 2.35. The first-order chi connectivity index (χ1) is 7.54. The van der Waals surface area contributed by atoms with Gasteiger partial charge in [0.1, 0.15) is 5.82 Å². The van der Waals surface area contributed by atoms with Gasteiger partial charge in [-0.15, -0.1) is 0 Å². The van der Waals surface area contributed by atoms with E-state index in [1.165, 1.54) is 0 Å². The summed E-state index contributed by atoms with van der Waals surface area (Å²) in [7, 11) is 0. The second kappa shape index (κ2) is 4.63. The zero-order chi connectivity index (χ0) is 11.8. The smallest absolute Gasteiger partial charge is 0.142 e. The number of pyridine rings is 1. The molecule has 1 fully saturated rings. The van der Waals surface area contributed by atoms with E-state index in [0.29, 0.717) is 0 Å². The minimum Gasteiger partial charge on any atom is -0.355 e. The van der Waals surface area contributed by atoms with Gasteiger partial charge >= 0.3 is 0 Å². The van der Waals surface area contributed by atoms with Crippen LogP contribution in [0.1, 0.15) is 13.3 Å². The highest BCUT2D eigenvalue weighted by Gasteiger charge is 2.33. The number of anilines is 1. The number of nitrogens with zero attached hydrogens (tertiary/aromatic N) is 2. The van der Waals surface area contributed by atoms with E-state index in [0.717, 1.165) is 40.8 Å². The molecule has 1 saturated heterocycles. The van der Waals surface area contributed by atoms with E-state index in [-0.39, 0.29) is 5.41 Å². The first-order valence-electron chi connectivity index (χ1n) is 5.30. The molecule has 1 aliphatic heterocycles. The Labute approximate surface area is 113 Å². The third kappa shape index (κ3) is 2.41. The Morgan fingerprint density at radius 2 is 2.31 bits per heavy atom. The van der Waals surface area contributed by atoms with E-state index in [2.05, 4.69) is 48.7 Å².